The Labute approximate surface area is 190 Å². The fourth-order valence-corrected chi connectivity index (χ4v) is 5.90. The molecule has 0 radical (unpaired) electrons. The zero-order chi connectivity index (χ0) is 23.1. The van der Waals surface area contributed by atoms with Crippen molar-refractivity contribution in [2.75, 3.05) is 30.4 Å². The van der Waals surface area contributed by atoms with Gasteiger partial charge in [-0.1, -0.05) is 13.8 Å². The first kappa shape index (κ1) is 23.1. The number of rotatable bonds is 5. The number of ether oxygens (including phenoxy) is 1. The van der Waals surface area contributed by atoms with Crippen molar-refractivity contribution in [3.8, 4) is 11.3 Å². The third kappa shape index (κ3) is 4.52. The van der Waals surface area contributed by atoms with Crippen molar-refractivity contribution in [3.63, 3.8) is 0 Å². The predicted octanol–water partition coefficient (Wildman–Crippen LogP) is 4.89. The van der Waals surface area contributed by atoms with E-state index in [1.54, 1.807) is 6.07 Å². The fraction of sp³-hybridized carbons (Fsp3) is 0.591. The maximum absolute atomic E-state index is 13.9. The first-order chi connectivity index (χ1) is 15.1. The van der Waals surface area contributed by atoms with E-state index in [1.165, 1.54) is 6.20 Å². The van der Waals surface area contributed by atoms with Gasteiger partial charge >= 0.3 is 6.18 Å². The number of nitrogens with two attached hydrogens (primary N) is 1. The maximum Gasteiger partial charge on any atom is 0.417 e. The number of pyridine rings is 1. The largest absolute Gasteiger partial charge is 0.417 e. The van der Waals surface area contributed by atoms with E-state index in [0.717, 1.165) is 31.0 Å². The summed E-state index contributed by atoms with van der Waals surface area (Å²) in [6, 6.07) is 2.61. The smallest absolute Gasteiger partial charge is 0.384 e. The lowest BCUT2D eigenvalue weighted by Crippen LogP contribution is -2.45. The van der Waals surface area contributed by atoms with Crippen molar-refractivity contribution < 1.29 is 17.9 Å². The molecule has 0 unspecified atom stereocenters. The summed E-state index contributed by atoms with van der Waals surface area (Å²) in [5, 5.41) is 0.364. The summed E-state index contributed by atoms with van der Waals surface area (Å²) in [5.41, 5.74) is 5.67. The van der Waals surface area contributed by atoms with E-state index in [-0.39, 0.29) is 27.9 Å². The summed E-state index contributed by atoms with van der Waals surface area (Å²) in [5.74, 6) is 0.261. The molecule has 1 saturated heterocycles. The third-order valence-corrected chi connectivity index (χ3v) is 7.47. The number of anilines is 2. The SMILES string of the molecule is CC(C)SC1(c2cc(-c3cnc(N)cc3C(F)(F)F)nc(N3CCOC[C@@H]3C)n2)CCC1. The van der Waals surface area contributed by atoms with Crippen molar-refractivity contribution in [2.24, 2.45) is 0 Å². The van der Waals surface area contributed by atoms with Gasteiger partial charge in [-0.3, -0.25) is 0 Å². The Morgan fingerprint density at radius 3 is 2.59 bits per heavy atom. The minimum Gasteiger partial charge on any atom is -0.384 e. The van der Waals surface area contributed by atoms with Crippen molar-refractivity contribution in [1.82, 2.24) is 15.0 Å². The Balaban J connectivity index is 1.89. The molecular formula is C22H28F3N5OS. The van der Waals surface area contributed by atoms with Crippen LogP contribution in [0.4, 0.5) is 24.9 Å². The molecule has 10 heteroatoms. The van der Waals surface area contributed by atoms with Crippen LogP contribution in [0, 0.1) is 0 Å². The molecule has 174 valence electrons. The highest BCUT2D eigenvalue weighted by molar-refractivity contribution is 8.00. The van der Waals surface area contributed by atoms with Crippen LogP contribution < -0.4 is 10.6 Å². The highest BCUT2D eigenvalue weighted by Crippen LogP contribution is 2.54. The number of morpholine rings is 1. The summed E-state index contributed by atoms with van der Waals surface area (Å²) in [6.45, 7) is 7.89. The van der Waals surface area contributed by atoms with Gasteiger partial charge in [0.2, 0.25) is 5.95 Å². The number of nitrogen functional groups attached to an aromatic ring is 1. The molecule has 2 aliphatic rings. The van der Waals surface area contributed by atoms with E-state index in [4.69, 9.17) is 15.5 Å². The van der Waals surface area contributed by atoms with Gasteiger partial charge in [-0.25, -0.2) is 15.0 Å². The summed E-state index contributed by atoms with van der Waals surface area (Å²) < 4.78 is 46.9. The Morgan fingerprint density at radius 2 is 2.00 bits per heavy atom. The zero-order valence-electron chi connectivity index (χ0n) is 18.4. The van der Waals surface area contributed by atoms with Crippen LogP contribution in [-0.2, 0) is 15.7 Å². The Kier molecular flexibility index (Phi) is 6.28. The van der Waals surface area contributed by atoms with E-state index >= 15 is 0 Å². The van der Waals surface area contributed by atoms with E-state index in [1.807, 2.05) is 23.6 Å². The van der Waals surface area contributed by atoms with Crippen LogP contribution in [0.15, 0.2) is 18.3 Å². The van der Waals surface area contributed by atoms with Gasteiger partial charge in [0, 0.05) is 18.3 Å². The van der Waals surface area contributed by atoms with Crippen LogP contribution in [0.1, 0.15) is 51.3 Å². The summed E-state index contributed by atoms with van der Waals surface area (Å²) in [6.07, 6.45) is -0.461. The topological polar surface area (TPSA) is 77.2 Å². The maximum atomic E-state index is 13.9. The number of hydrogen-bond acceptors (Lipinski definition) is 7. The zero-order valence-corrected chi connectivity index (χ0v) is 19.3. The lowest BCUT2D eigenvalue weighted by Gasteiger charge is -2.43. The fourth-order valence-electron chi connectivity index (χ4n) is 4.25. The van der Waals surface area contributed by atoms with Crippen LogP contribution in [0.5, 0.6) is 0 Å². The first-order valence-electron chi connectivity index (χ1n) is 10.8. The van der Waals surface area contributed by atoms with Crippen molar-refractivity contribution in [1.29, 1.82) is 0 Å². The molecule has 0 bridgehead atoms. The average molecular weight is 468 g/mol. The molecule has 2 N–H and O–H groups in total. The van der Waals surface area contributed by atoms with Crippen molar-refractivity contribution in [3.05, 3.63) is 29.6 Å². The third-order valence-electron chi connectivity index (χ3n) is 5.93. The molecule has 0 aromatic carbocycles. The molecule has 2 aromatic rings. The minimum atomic E-state index is -4.58. The highest BCUT2D eigenvalue weighted by atomic mass is 32.2. The number of hydrogen-bond donors (Lipinski definition) is 1. The van der Waals surface area contributed by atoms with Crippen LogP contribution in [-0.4, -0.2) is 46.0 Å². The predicted molar refractivity (Wildman–Crippen MR) is 121 cm³/mol. The molecule has 6 nitrogen and oxygen atoms in total. The van der Waals surface area contributed by atoms with Crippen LogP contribution >= 0.6 is 11.8 Å². The number of halogens is 3. The number of thioether (sulfide) groups is 1. The lowest BCUT2D eigenvalue weighted by atomic mass is 9.81. The molecule has 1 aliphatic carbocycles. The normalized spacial score (nSPS) is 21.0. The Morgan fingerprint density at radius 1 is 1.25 bits per heavy atom. The second-order valence-corrected chi connectivity index (χ2v) is 10.7. The Bertz CT molecular complexity index is 981. The van der Waals surface area contributed by atoms with Crippen LogP contribution in [0.25, 0.3) is 11.3 Å². The molecule has 1 aliphatic heterocycles. The van der Waals surface area contributed by atoms with E-state index in [9.17, 15) is 13.2 Å². The van der Waals surface area contributed by atoms with E-state index in [2.05, 4.69) is 23.8 Å². The van der Waals surface area contributed by atoms with Gasteiger partial charge in [0.05, 0.1) is 41.0 Å². The summed E-state index contributed by atoms with van der Waals surface area (Å²) in [7, 11) is 0. The van der Waals surface area contributed by atoms with Gasteiger partial charge in [0.15, 0.2) is 0 Å². The number of alkyl halides is 3. The summed E-state index contributed by atoms with van der Waals surface area (Å²) >= 11 is 1.82. The lowest BCUT2D eigenvalue weighted by molar-refractivity contribution is -0.137. The number of aromatic nitrogens is 3. The average Bonchev–Trinajstić information content (AvgIpc) is 2.70. The minimum absolute atomic E-state index is 0.0218. The van der Waals surface area contributed by atoms with E-state index in [0.29, 0.717) is 31.0 Å². The van der Waals surface area contributed by atoms with Gasteiger partial charge in [0.25, 0.3) is 0 Å². The molecule has 2 aromatic heterocycles. The molecule has 2 fully saturated rings. The molecule has 1 atom stereocenters. The molecule has 1 saturated carbocycles. The van der Waals surface area contributed by atoms with Crippen LogP contribution in [0.2, 0.25) is 0 Å². The van der Waals surface area contributed by atoms with Gasteiger partial charge in [-0.2, -0.15) is 13.2 Å². The van der Waals surface area contributed by atoms with Gasteiger partial charge in [-0.05, 0) is 43.6 Å². The highest BCUT2D eigenvalue weighted by Gasteiger charge is 2.43. The molecule has 0 spiro atoms. The molecular weight excluding hydrogens is 439 g/mol. The van der Waals surface area contributed by atoms with Crippen molar-refractivity contribution >= 4 is 23.5 Å². The first-order valence-corrected chi connectivity index (χ1v) is 11.7. The Hall–Kier alpha value is -2.07. The second kappa shape index (κ2) is 8.70. The van der Waals surface area contributed by atoms with Gasteiger partial charge < -0.3 is 15.4 Å². The molecule has 3 heterocycles. The molecule has 32 heavy (non-hydrogen) atoms. The standard InChI is InChI=1S/C22H28F3N5OS/c1-13(2)32-21(5-4-6-21)18-10-17(15-11-27-19(26)9-16(15)22(23,24)25)28-20(29-18)30-7-8-31-12-14(30)3/h9-11,13-14H,4-8,12H2,1-3H3,(H2,26,27)/t14-/m0/s1. The summed E-state index contributed by atoms with van der Waals surface area (Å²) in [4.78, 5) is 15.5. The van der Waals surface area contributed by atoms with Gasteiger partial charge in [0.1, 0.15) is 5.82 Å². The quantitative estimate of drug-likeness (QED) is 0.671. The molecule has 4 rings (SSSR count). The van der Waals surface area contributed by atoms with Gasteiger partial charge in [-0.15, -0.1) is 11.8 Å². The van der Waals surface area contributed by atoms with Crippen LogP contribution in [0.3, 0.4) is 0 Å². The molecule has 0 amide bonds. The number of nitrogens with zero attached hydrogens (tertiary/aromatic N) is 4. The van der Waals surface area contributed by atoms with E-state index < -0.39 is 11.7 Å². The monoisotopic (exact) mass is 467 g/mol. The van der Waals surface area contributed by atoms with Crippen molar-refractivity contribution in [2.45, 2.75) is 62.2 Å². The second-order valence-electron chi connectivity index (χ2n) is 8.72.